The summed E-state index contributed by atoms with van der Waals surface area (Å²) in [6.07, 6.45) is 5.94. The van der Waals surface area contributed by atoms with Gasteiger partial charge in [0.05, 0.1) is 5.60 Å². The molecule has 3 atom stereocenters. The zero-order valence-corrected chi connectivity index (χ0v) is 11.8. The monoisotopic (exact) mass is 242 g/mol. The minimum Gasteiger partial charge on any atom is -0.389 e. The number of rotatable bonds is 6. The van der Waals surface area contributed by atoms with Crippen LogP contribution < -0.4 is 5.73 Å². The van der Waals surface area contributed by atoms with Crippen LogP contribution in [0.2, 0.25) is 0 Å². The zero-order valence-electron chi connectivity index (χ0n) is 11.8. The summed E-state index contributed by atoms with van der Waals surface area (Å²) in [4.78, 5) is 2.44. The third-order valence-corrected chi connectivity index (χ3v) is 4.35. The molecule has 3 nitrogen and oxygen atoms in total. The van der Waals surface area contributed by atoms with Gasteiger partial charge in [0.15, 0.2) is 0 Å². The van der Waals surface area contributed by atoms with Crippen molar-refractivity contribution in [1.82, 2.24) is 4.90 Å². The van der Waals surface area contributed by atoms with Gasteiger partial charge >= 0.3 is 0 Å². The number of likely N-dealkylation sites (N-methyl/N-ethyl adjacent to an activating group) is 1. The van der Waals surface area contributed by atoms with Gasteiger partial charge in [-0.05, 0) is 45.2 Å². The Bertz CT molecular complexity index is 218. The lowest BCUT2D eigenvalue weighted by atomic mass is 9.83. The van der Waals surface area contributed by atoms with E-state index >= 15 is 0 Å². The minimum atomic E-state index is -0.563. The molecule has 1 rings (SSSR count). The van der Waals surface area contributed by atoms with Crippen molar-refractivity contribution >= 4 is 0 Å². The maximum atomic E-state index is 10.2. The lowest BCUT2D eigenvalue weighted by Crippen LogP contribution is -2.50. The Labute approximate surface area is 106 Å². The second-order valence-corrected chi connectivity index (χ2v) is 5.76. The maximum absolute atomic E-state index is 10.2. The Morgan fingerprint density at radius 2 is 1.94 bits per heavy atom. The lowest BCUT2D eigenvalue weighted by Gasteiger charge is -2.42. The summed E-state index contributed by atoms with van der Waals surface area (Å²) in [5.41, 5.74) is 5.33. The van der Waals surface area contributed by atoms with Gasteiger partial charge in [0.1, 0.15) is 0 Å². The third-order valence-electron chi connectivity index (χ3n) is 4.35. The SMILES string of the molecule is CCN(CC(C)(O)CC)C1CCCCC1CN. The Morgan fingerprint density at radius 1 is 1.29 bits per heavy atom. The smallest absolute Gasteiger partial charge is 0.0743 e. The molecule has 3 heteroatoms. The van der Waals surface area contributed by atoms with E-state index in [-0.39, 0.29) is 0 Å². The van der Waals surface area contributed by atoms with Crippen LogP contribution >= 0.6 is 0 Å². The Morgan fingerprint density at radius 3 is 2.47 bits per heavy atom. The normalized spacial score (nSPS) is 29.3. The molecule has 0 aromatic rings. The molecular weight excluding hydrogens is 212 g/mol. The highest BCUT2D eigenvalue weighted by Gasteiger charge is 2.31. The van der Waals surface area contributed by atoms with Crippen molar-refractivity contribution in [2.24, 2.45) is 11.7 Å². The first-order valence-electron chi connectivity index (χ1n) is 7.20. The minimum absolute atomic E-state index is 0.563. The maximum Gasteiger partial charge on any atom is 0.0743 e. The molecule has 0 spiro atoms. The largest absolute Gasteiger partial charge is 0.389 e. The average Bonchev–Trinajstić information content (AvgIpc) is 2.36. The molecule has 1 saturated carbocycles. The van der Waals surface area contributed by atoms with Crippen LogP contribution in [-0.4, -0.2) is 41.3 Å². The van der Waals surface area contributed by atoms with Crippen molar-refractivity contribution in [1.29, 1.82) is 0 Å². The summed E-state index contributed by atoms with van der Waals surface area (Å²) in [6, 6.07) is 0.580. The summed E-state index contributed by atoms with van der Waals surface area (Å²) < 4.78 is 0. The second-order valence-electron chi connectivity index (χ2n) is 5.76. The van der Waals surface area contributed by atoms with E-state index in [1.165, 1.54) is 25.7 Å². The van der Waals surface area contributed by atoms with Gasteiger partial charge in [-0.3, -0.25) is 4.90 Å². The van der Waals surface area contributed by atoms with Crippen molar-refractivity contribution < 1.29 is 5.11 Å². The van der Waals surface area contributed by atoms with Crippen molar-refractivity contribution in [2.75, 3.05) is 19.6 Å². The first-order valence-corrected chi connectivity index (χ1v) is 7.20. The third kappa shape index (κ3) is 4.23. The zero-order chi connectivity index (χ0) is 12.9. The summed E-state index contributed by atoms with van der Waals surface area (Å²) in [6.45, 7) is 8.76. The first kappa shape index (κ1) is 14.9. The quantitative estimate of drug-likeness (QED) is 0.749. The topological polar surface area (TPSA) is 49.5 Å². The second kappa shape index (κ2) is 6.72. The van der Waals surface area contributed by atoms with Crippen molar-refractivity contribution in [2.45, 2.75) is 64.5 Å². The van der Waals surface area contributed by atoms with Gasteiger partial charge in [0.2, 0.25) is 0 Å². The predicted molar refractivity (Wildman–Crippen MR) is 73.0 cm³/mol. The molecule has 0 saturated heterocycles. The van der Waals surface area contributed by atoms with Crippen LogP contribution in [0, 0.1) is 5.92 Å². The van der Waals surface area contributed by atoms with Crippen LogP contribution in [0.3, 0.4) is 0 Å². The van der Waals surface area contributed by atoms with E-state index in [1.54, 1.807) is 0 Å². The van der Waals surface area contributed by atoms with Crippen LogP contribution in [0.4, 0.5) is 0 Å². The number of hydrogen-bond acceptors (Lipinski definition) is 3. The molecule has 3 N–H and O–H groups in total. The van der Waals surface area contributed by atoms with E-state index in [2.05, 4.69) is 18.7 Å². The van der Waals surface area contributed by atoms with Gasteiger partial charge < -0.3 is 10.8 Å². The lowest BCUT2D eigenvalue weighted by molar-refractivity contribution is -0.0110. The van der Waals surface area contributed by atoms with E-state index < -0.39 is 5.60 Å². The Balaban J connectivity index is 2.64. The molecule has 1 aliphatic rings. The molecule has 1 fully saturated rings. The van der Waals surface area contributed by atoms with Gasteiger partial charge in [-0.15, -0.1) is 0 Å². The Hall–Kier alpha value is -0.120. The highest BCUT2D eigenvalue weighted by atomic mass is 16.3. The number of aliphatic hydroxyl groups is 1. The van der Waals surface area contributed by atoms with Gasteiger partial charge in [-0.1, -0.05) is 26.7 Å². The highest BCUT2D eigenvalue weighted by molar-refractivity contribution is 4.87. The standard InChI is InChI=1S/C14H30N2O/c1-4-14(3,17)11-16(5-2)13-9-7-6-8-12(13)10-15/h12-13,17H,4-11,15H2,1-3H3. The summed E-state index contributed by atoms with van der Waals surface area (Å²) in [7, 11) is 0. The van der Waals surface area contributed by atoms with Gasteiger partial charge in [-0.25, -0.2) is 0 Å². The van der Waals surface area contributed by atoms with Gasteiger partial charge in [0, 0.05) is 12.6 Å². The molecule has 0 aliphatic heterocycles. The molecule has 3 unspecified atom stereocenters. The molecule has 17 heavy (non-hydrogen) atoms. The molecule has 102 valence electrons. The fraction of sp³-hybridized carbons (Fsp3) is 1.00. The van der Waals surface area contributed by atoms with Crippen LogP contribution in [0.25, 0.3) is 0 Å². The van der Waals surface area contributed by atoms with E-state index in [1.807, 2.05) is 6.92 Å². The number of nitrogens with two attached hydrogens (primary N) is 1. The summed E-state index contributed by atoms with van der Waals surface area (Å²) in [5, 5.41) is 10.2. The first-order chi connectivity index (χ1) is 8.04. The summed E-state index contributed by atoms with van der Waals surface area (Å²) in [5.74, 6) is 0.622. The van der Waals surface area contributed by atoms with Crippen LogP contribution in [0.1, 0.15) is 52.9 Å². The van der Waals surface area contributed by atoms with Crippen molar-refractivity contribution in [3.8, 4) is 0 Å². The molecule has 0 aromatic carbocycles. The molecule has 0 radical (unpaired) electrons. The Kier molecular flexibility index (Phi) is 5.90. The van der Waals surface area contributed by atoms with Crippen LogP contribution in [0.15, 0.2) is 0 Å². The summed E-state index contributed by atoms with van der Waals surface area (Å²) >= 11 is 0. The molecular formula is C14H30N2O. The number of nitrogens with zero attached hydrogens (tertiary/aromatic N) is 1. The van der Waals surface area contributed by atoms with E-state index in [4.69, 9.17) is 5.73 Å². The molecule has 1 aliphatic carbocycles. The van der Waals surface area contributed by atoms with E-state index in [0.29, 0.717) is 12.0 Å². The van der Waals surface area contributed by atoms with Crippen LogP contribution in [-0.2, 0) is 0 Å². The highest BCUT2D eigenvalue weighted by Crippen LogP contribution is 2.29. The average molecular weight is 242 g/mol. The van der Waals surface area contributed by atoms with Gasteiger partial charge in [0.25, 0.3) is 0 Å². The van der Waals surface area contributed by atoms with Crippen molar-refractivity contribution in [3.05, 3.63) is 0 Å². The molecule has 0 bridgehead atoms. The van der Waals surface area contributed by atoms with E-state index in [0.717, 1.165) is 26.1 Å². The van der Waals surface area contributed by atoms with Crippen molar-refractivity contribution in [3.63, 3.8) is 0 Å². The fourth-order valence-electron chi connectivity index (χ4n) is 2.96. The molecule has 0 heterocycles. The van der Waals surface area contributed by atoms with E-state index in [9.17, 15) is 5.11 Å². The van der Waals surface area contributed by atoms with Gasteiger partial charge in [-0.2, -0.15) is 0 Å². The molecule has 0 aromatic heterocycles. The fourth-order valence-corrected chi connectivity index (χ4v) is 2.96. The van der Waals surface area contributed by atoms with Crippen LogP contribution in [0.5, 0.6) is 0 Å². The molecule has 0 amide bonds. The number of hydrogen-bond donors (Lipinski definition) is 2. The predicted octanol–water partition coefficient (Wildman–Crippen LogP) is 1.99.